The molecular weight excluding hydrogens is 335 g/mol. The number of nitrogens with two attached hydrogens (primary N) is 1. The van der Waals surface area contributed by atoms with Crippen LogP contribution in [0.2, 0.25) is 0 Å². The first kappa shape index (κ1) is 20.3. The first-order valence-electron chi connectivity index (χ1n) is 7.40. The molecule has 0 aliphatic heterocycles. The van der Waals surface area contributed by atoms with Crippen LogP contribution in [0.3, 0.4) is 0 Å². The molecule has 0 saturated heterocycles. The van der Waals surface area contributed by atoms with Crippen LogP contribution in [0.4, 0.5) is 18.9 Å². The number of benzene rings is 1. The Bertz CT molecular complexity index is 687. The molecule has 0 atom stereocenters. The Morgan fingerprint density at radius 2 is 1.96 bits per heavy atom. The molecule has 5 nitrogen and oxygen atoms in total. The molecule has 0 aliphatic carbocycles. The van der Waals surface area contributed by atoms with Gasteiger partial charge < -0.3 is 9.73 Å². The lowest BCUT2D eigenvalue weighted by Crippen LogP contribution is -2.18. The summed E-state index contributed by atoms with van der Waals surface area (Å²) >= 11 is 0. The summed E-state index contributed by atoms with van der Waals surface area (Å²) in [4.78, 5) is 8.94. The first-order chi connectivity index (χ1) is 11.9. The molecule has 0 radical (unpaired) electrons. The lowest BCUT2D eigenvalue weighted by Gasteiger charge is -2.09. The van der Waals surface area contributed by atoms with Crippen molar-refractivity contribution in [2.24, 2.45) is 5.84 Å². The maximum atomic E-state index is 12.5. The number of hydrogen-bond acceptors (Lipinski definition) is 4. The minimum atomic E-state index is -4.38. The van der Waals surface area contributed by atoms with E-state index in [0.717, 1.165) is 35.6 Å². The Morgan fingerprint density at radius 1 is 1.28 bits per heavy atom. The molecule has 1 heterocycles. The van der Waals surface area contributed by atoms with Gasteiger partial charge in [-0.15, -0.1) is 0 Å². The van der Waals surface area contributed by atoms with Gasteiger partial charge >= 0.3 is 6.18 Å². The third-order valence-corrected chi connectivity index (χ3v) is 3.28. The SMILES string of the molecule is CCc1cccc(NC)c1/C=C/c1cc(C(F)(F)F)co1.NNC=O. The molecule has 0 bridgehead atoms. The summed E-state index contributed by atoms with van der Waals surface area (Å²) in [5.74, 6) is 4.59. The fourth-order valence-corrected chi connectivity index (χ4v) is 2.09. The normalized spacial score (nSPS) is 11.0. The van der Waals surface area contributed by atoms with Crippen LogP contribution in [0.5, 0.6) is 0 Å². The molecule has 136 valence electrons. The van der Waals surface area contributed by atoms with E-state index in [2.05, 4.69) is 11.2 Å². The average molecular weight is 355 g/mol. The summed E-state index contributed by atoms with van der Waals surface area (Å²) in [5, 5.41) is 3.07. The number of rotatable bonds is 5. The second-order valence-corrected chi connectivity index (χ2v) is 4.84. The van der Waals surface area contributed by atoms with E-state index in [4.69, 9.17) is 9.21 Å². The van der Waals surface area contributed by atoms with Gasteiger partial charge in [0.2, 0.25) is 6.41 Å². The van der Waals surface area contributed by atoms with Crippen LogP contribution >= 0.6 is 0 Å². The molecule has 2 aromatic rings. The number of amides is 1. The van der Waals surface area contributed by atoms with Gasteiger partial charge in [-0.1, -0.05) is 19.1 Å². The Balaban J connectivity index is 0.000000705. The van der Waals surface area contributed by atoms with Gasteiger partial charge in [0, 0.05) is 18.3 Å². The van der Waals surface area contributed by atoms with Crippen LogP contribution in [-0.4, -0.2) is 13.5 Å². The quantitative estimate of drug-likeness (QED) is 0.331. The number of halogens is 3. The Kier molecular flexibility index (Phi) is 7.74. The number of carbonyl (C=O) groups excluding carboxylic acids is 1. The molecular formula is C17H20F3N3O2. The number of carbonyl (C=O) groups is 1. The molecule has 0 saturated carbocycles. The van der Waals surface area contributed by atoms with E-state index in [1.54, 1.807) is 24.6 Å². The van der Waals surface area contributed by atoms with E-state index in [9.17, 15) is 13.2 Å². The van der Waals surface area contributed by atoms with Gasteiger partial charge in [0.05, 0.1) is 5.56 Å². The molecule has 2 rings (SSSR count). The monoisotopic (exact) mass is 355 g/mol. The maximum Gasteiger partial charge on any atom is 0.419 e. The van der Waals surface area contributed by atoms with Crippen molar-refractivity contribution >= 4 is 24.2 Å². The van der Waals surface area contributed by atoms with Gasteiger partial charge in [-0.05, 0) is 36.3 Å². The molecule has 25 heavy (non-hydrogen) atoms. The molecule has 0 spiro atoms. The highest BCUT2D eigenvalue weighted by atomic mass is 19.4. The van der Waals surface area contributed by atoms with Crippen LogP contribution in [0.25, 0.3) is 12.2 Å². The van der Waals surface area contributed by atoms with Crippen LogP contribution in [0.15, 0.2) is 34.9 Å². The van der Waals surface area contributed by atoms with Crippen molar-refractivity contribution < 1.29 is 22.4 Å². The molecule has 0 unspecified atom stereocenters. The van der Waals surface area contributed by atoms with Crippen molar-refractivity contribution in [3.63, 3.8) is 0 Å². The van der Waals surface area contributed by atoms with Gasteiger partial charge in [0.25, 0.3) is 0 Å². The highest BCUT2D eigenvalue weighted by Gasteiger charge is 2.32. The predicted octanol–water partition coefficient (Wildman–Crippen LogP) is 3.68. The Morgan fingerprint density at radius 3 is 2.44 bits per heavy atom. The van der Waals surface area contributed by atoms with E-state index in [-0.39, 0.29) is 5.76 Å². The summed E-state index contributed by atoms with van der Waals surface area (Å²) in [6.45, 7) is 2.03. The van der Waals surface area contributed by atoms with E-state index in [0.29, 0.717) is 6.41 Å². The third-order valence-electron chi connectivity index (χ3n) is 3.28. The van der Waals surface area contributed by atoms with Crippen molar-refractivity contribution in [3.8, 4) is 0 Å². The van der Waals surface area contributed by atoms with E-state index < -0.39 is 11.7 Å². The van der Waals surface area contributed by atoms with Crippen LogP contribution < -0.4 is 16.6 Å². The summed E-state index contributed by atoms with van der Waals surface area (Å²) in [7, 11) is 1.81. The second-order valence-electron chi connectivity index (χ2n) is 4.84. The van der Waals surface area contributed by atoms with E-state index >= 15 is 0 Å². The zero-order valence-corrected chi connectivity index (χ0v) is 13.9. The Labute approximate surface area is 143 Å². The predicted molar refractivity (Wildman–Crippen MR) is 91.4 cm³/mol. The number of anilines is 1. The molecule has 8 heteroatoms. The fourth-order valence-electron chi connectivity index (χ4n) is 2.09. The first-order valence-corrected chi connectivity index (χ1v) is 7.40. The van der Waals surface area contributed by atoms with Crippen molar-refractivity contribution in [1.29, 1.82) is 0 Å². The maximum absolute atomic E-state index is 12.5. The summed E-state index contributed by atoms with van der Waals surface area (Å²) in [5.41, 5.74) is 3.96. The molecule has 0 aliphatic rings. The van der Waals surface area contributed by atoms with Gasteiger partial charge in [-0.2, -0.15) is 13.2 Å². The largest absolute Gasteiger partial charge is 0.464 e. The van der Waals surface area contributed by atoms with E-state index in [1.165, 1.54) is 0 Å². The van der Waals surface area contributed by atoms with Crippen molar-refractivity contribution in [2.45, 2.75) is 19.5 Å². The third kappa shape index (κ3) is 6.00. The van der Waals surface area contributed by atoms with E-state index in [1.807, 2.05) is 25.1 Å². The topological polar surface area (TPSA) is 80.3 Å². The zero-order valence-electron chi connectivity index (χ0n) is 13.9. The number of alkyl halides is 3. The van der Waals surface area contributed by atoms with Gasteiger partial charge in [-0.3, -0.25) is 10.2 Å². The van der Waals surface area contributed by atoms with Crippen LogP contribution in [-0.2, 0) is 17.4 Å². The van der Waals surface area contributed by atoms with Crippen LogP contribution in [0, 0.1) is 0 Å². The van der Waals surface area contributed by atoms with Crippen molar-refractivity contribution in [3.05, 3.63) is 53.0 Å². The molecule has 0 fully saturated rings. The van der Waals surface area contributed by atoms with Crippen molar-refractivity contribution in [2.75, 3.05) is 12.4 Å². The highest BCUT2D eigenvalue weighted by molar-refractivity contribution is 5.77. The molecule has 1 aromatic carbocycles. The Hall–Kier alpha value is -2.74. The number of furan rings is 1. The number of nitrogens with one attached hydrogen (secondary N) is 2. The smallest absolute Gasteiger partial charge is 0.419 e. The zero-order chi connectivity index (χ0) is 18.9. The minimum absolute atomic E-state index is 0.176. The summed E-state index contributed by atoms with van der Waals surface area (Å²) < 4.78 is 42.5. The lowest BCUT2D eigenvalue weighted by molar-refractivity contribution is -0.137. The van der Waals surface area contributed by atoms with Gasteiger partial charge in [-0.25, -0.2) is 5.84 Å². The van der Waals surface area contributed by atoms with Gasteiger partial charge in [0.15, 0.2) is 0 Å². The summed E-state index contributed by atoms with van der Waals surface area (Å²) in [6.07, 6.45) is 0.896. The minimum Gasteiger partial charge on any atom is -0.464 e. The van der Waals surface area contributed by atoms with Crippen LogP contribution in [0.1, 0.15) is 29.4 Å². The molecule has 4 N–H and O–H groups in total. The van der Waals surface area contributed by atoms with Gasteiger partial charge in [0.1, 0.15) is 12.0 Å². The fraction of sp³-hybridized carbons (Fsp3) is 0.235. The second kappa shape index (κ2) is 9.53. The standard InChI is InChI=1S/C16H16F3NO.CH4N2O/c1-3-11-5-4-6-15(20-2)14(11)8-7-13-9-12(10-21-13)16(17,18)19;2-3-1-4/h4-10,20H,3H2,1-2H3;1H,2H2,(H,3,4)/b8-7+;. The summed E-state index contributed by atoms with van der Waals surface area (Å²) in [6, 6.07) is 6.84. The molecule has 1 amide bonds. The highest BCUT2D eigenvalue weighted by Crippen LogP contribution is 2.31. The lowest BCUT2D eigenvalue weighted by atomic mass is 10.0. The molecule has 1 aromatic heterocycles. The van der Waals surface area contributed by atoms with Crippen molar-refractivity contribution in [1.82, 2.24) is 5.43 Å². The number of aryl methyl sites for hydroxylation is 1. The number of hydrazine groups is 1. The number of hydrogen-bond donors (Lipinski definition) is 3. The average Bonchev–Trinajstić information content (AvgIpc) is 3.09.